The summed E-state index contributed by atoms with van der Waals surface area (Å²) in [5, 5.41) is 13.1. The van der Waals surface area contributed by atoms with Crippen molar-refractivity contribution in [2.24, 2.45) is 7.05 Å². The van der Waals surface area contributed by atoms with E-state index in [-0.39, 0.29) is 41.8 Å². The van der Waals surface area contributed by atoms with E-state index in [4.69, 9.17) is 4.74 Å². The van der Waals surface area contributed by atoms with Crippen LogP contribution in [0, 0.1) is 0 Å². The minimum atomic E-state index is -2.92. The van der Waals surface area contributed by atoms with E-state index in [1.807, 2.05) is 30.3 Å². The van der Waals surface area contributed by atoms with E-state index in [0.29, 0.717) is 49.4 Å². The lowest BCUT2D eigenvalue weighted by atomic mass is 10.0. The van der Waals surface area contributed by atoms with Crippen molar-refractivity contribution in [3.63, 3.8) is 0 Å². The molecule has 6 aromatic rings. The number of piperidine rings is 1. The Morgan fingerprint density at radius 2 is 1.94 bits per heavy atom. The first-order valence-electron chi connectivity index (χ1n) is 17.6. The molecular weight excluding hydrogens is 702 g/mol. The number of benzene rings is 2. The number of nitrogens with zero attached hydrogens (tertiary/aromatic N) is 8. The van der Waals surface area contributed by atoms with Gasteiger partial charge in [0.1, 0.15) is 11.6 Å². The fraction of sp³-hybridized carbons (Fsp3) is 0.324. The second-order valence-corrected chi connectivity index (χ2v) is 13.5. The number of morpholine rings is 1. The van der Waals surface area contributed by atoms with Crippen molar-refractivity contribution in [1.82, 2.24) is 43.7 Å². The Balaban J connectivity index is 0.913. The lowest BCUT2D eigenvalue weighted by Gasteiger charge is -2.33. The number of hydrogen-bond acceptors (Lipinski definition) is 9. The molecule has 1 unspecified atom stereocenters. The van der Waals surface area contributed by atoms with Crippen LogP contribution in [0.3, 0.4) is 0 Å². The minimum absolute atomic E-state index is 0.0514. The largest absolute Gasteiger partial charge is 0.376 e. The molecule has 278 valence electrons. The molecule has 2 aromatic carbocycles. The molecule has 8 rings (SSSR count). The van der Waals surface area contributed by atoms with Crippen LogP contribution < -0.4 is 16.3 Å². The number of amides is 3. The molecule has 2 N–H and O–H groups in total. The van der Waals surface area contributed by atoms with Crippen LogP contribution in [0.15, 0.2) is 78.1 Å². The molecule has 4 aromatic heterocycles. The van der Waals surface area contributed by atoms with Gasteiger partial charge in [0.15, 0.2) is 11.3 Å². The molecule has 2 atom stereocenters. The molecule has 15 nitrogen and oxygen atoms in total. The average Bonchev–Trinajstić information content (AvgIpc) is 3.86. The maximum atomic E-state index is 14.0. The number of nitrogens with one attached hydrogen (secondary N) is 2. The highest BCUT2D eigenvalue weighted by molar-refractivity contribution is 6.08. The lowest BCUT2D eigenvalue weighted by Crippen LogP contribution is -2.44. The van der Waals surface area contributed by atoms with Crippen molar-refractivity contribution in [2.45, 2.75) is 50.8 Å². The predicted molar refractivity (Wildman–Crippen MR) is 191 cm³/mol. The van der Waals surface area contributed by atoms with E-state index in [0.717, 1.165) is 23.2 Å². The number of halogens is 2. The van der Waals surface area contributed by atoms with E-state index in [9.17, 15) is 28.0 Å². The van der Waals surface area contributed by atoms with Crippen LogP contribution in [0.4, 0.5) is 14.5 Å². The smallest absolute Gasteiger partial charge is 0.329 e. The summed E-state index contributed by atoms with van der Waals surface area (Å²) in [7, 11) is 1.70. The van der Waals surface area contributed by atoms with Crippen LogP contribution in [0.1, 0.15) is 58.9 Å². The summed E-state index contributed by atoms with van der Waals surface area (Å²) in [6.07, 6.45) is 4.68. The molecule has 2 saturated heterocycles. The Morgan fingerprint density at radius 3 is 2.74 bits per heavy atom. The maximum absolute atomic E-state index is 14.0. The number of fused-ring (bicyclic) bond motifs is 2. The SMILES string of the molecule is Cn1c(=O)n(C2CCC(=O)NC2=O)c2cccc(CC[C@H]3CN(Cc4ccc(-n5cc(NC(=O)c6cnn7cccnc67)c(C(F)F)n5)cc4)CCO3)c21. The summed E-state index contributed by atoms with van der Waals surface area (Å²) < 4.78 is 39.9. The summed E-state index contributed by atoms with van der Waals surface area (Å²) in [5.74, 6) is -1.43. The van der Waals surface area contributed by atoms with E-state index in [1.165, 1.54) is 32.4 Å². The van der Waals surface area contributed by atoms with Gasteiger partial charge >= 0.3 is 5.69 Å². The molecule has 54 heavy (non-hydrogen) atoms. The summed E-state index contributed by atoms with van der Waals surface area (Å²) in [6, 6.07) is 14.0. The number of rotatable bonds is 10. The molecule has 0 bridgehead atoms. The normalized spacial score (nSPS) is 18.1. The highest BCUT2D eigenvalue weighted by Gasteiger charge is 2.32. The van der Waals surface area contributed by atoms with Gasteiger partial charge in [-0.05, 0) is 54.7 Å². The van der Waals surface area contributed by atoms with Crippen LogP contribution in [0.2, 0.25) is 0 Å². The Hall–Kier alpha value is -6.07. The second kappa shape index (κ2) is 14.4. The molecule has 2 aliphatic rings. The number of alkyl halides is 2. The van der Waals surface area contributed by atoms with Gasteiger partial charge in [0.2, 0.25) is 11.8 Å². The molecule has 2 aliphatic heterocycles. The highest BCUT2D eigenvalue weighted by atomic mass is 19.3. The fourth-order valence-electron chi connectivity index (χ4n) is 7.33. The van der Waals surface area contributed by atoms with Crippen LogP contribution in [-0.4, -0.2) is 81.9 Å². The topological polar surface area (TPSA) is 163 Å². The quantitative estimate of drug-likeness (QED) is 0.200. The third-order valence-corrected chi connectivity index (χ3v) is 10.00. The standard InChI is InChI=1S/C37H36F2N10O5/c1-45-32-23(4-2-5-28(32)49(37(45)53)29-12-13-30(50)43-36(29)52)8-11-25-20-46(16-17-54-25)19-22-6-9-24(10-7-22)48-21-27(31(44-48)33(38)39)42-35(51)26-18-41-47-15-3-14-40-34(26)47/h2-7,9-10,14-15,18,21,25,29,33H,8,11-13,16-17,19-20H2,1H3,(H,42,51)(H,43,50,52)/t25-,29?/m0/s1. The number of carbonyl (C=O) groups excluding carboxylic acids is 3. The first-order valence-corrected chi connectivity index (χ1v) is 17.6. The number of para-hydroxylation sites is 1. The highest BCUT2D eigenvalue weighted by Crippen LogP contribution is 2.29. The van der Waals surface area contributed by atoms with E-state index in [1.54, 1.807) is 36.0 Å². The van der Waals surface area contributed by atoms with Gasteiger partial charge in [-0.1, -0.05) is 24.3 Å². The van der Waals surface area contributed by atoms with Gasteiger partial charge in [0.25, 0.3) is 12.3 Å². The Bertz CT molecular complexity index is 2450. The molecule has 0 radical (unpaired) electrons. The molecule has 2 fully saturated rings. The summed E-state index contributed by atoms with van der Waals surface area (Å²) in [6.45, 7) is 2.63. The van der Waals surface area contributed by atoms with Crippen molar-refractivity contribution in [3.8, 4) is 5.69 Å². The molecule has 17 heteroatoms. The Labute approximate surface area is 306 Å². The third-order valence-electron chi connectivity index (χ3n) is 10.00. The summed E-state index contributed by atoms with van der Waals surface area (Å²) >= 11 is 0. The van der Waals surface area contributed by atoms with E-state index in [2.05, 4.69) is 30.7 Å². The number of imidazole rings is 1. The van der Waals surface area contributed by atoms with Gasteiger partial charge in [-0.25, -0.2) is 27.8 Å². The molecule has 3 amide bonds. The van der Waals surface area contributed by atoms with Gasteiger partial charge in [0.05, 0.1) is 47.5 Å². The van der Waals surface area contributed by atoms with Gasteiger partial charge < -0.3 is 10.1 Å². The van der Waals surface area contributed by atoms with E-state index < -0.39 is 30.0 Å². The summed E-state index contributed by atoms with van der Waals surface area (Å²) in [5.41, 5.74) is 3.43. The molecule has 0 saturated carbocycles. The third kappa shape index (κ3) is 6.67. The predicted octanol–water partition coefficient (Wildman–Crippen LogP) is 3.57. The van der Waals surface area contributed by atoms with Crippen molar-refractivity contribution < 1.29 is 27.9 Å². The van der Waals surface area contributed by atoms with Crippen LogP contribution >= 0.6 is 0 Å². The first kappa shape index (κ1) is 35.0. The number of aryl methyl sites for hydroxylation is 2. The van der Waals surface area contributed by atoms with Gasteiger partial charge in [0, 0.05) is 45.5 Å². The van der Waals surface area contributed by atoms with Crippen molar-refractivity contribution in [2.75, 3.05) is 25.0 Å². The molecule has 6 heterocycles. The minimum Gasteiger partial charge on any atom is -0.376 e. The van der Waals surface area contributed by atoms with Gasteiger partial charge in [-0.3, -0.25) is 33.7 Å². The van der Waals surface area contributed by atoms with Crippen LogP contribution in [0.5, 0.6) is 0 Å². The zero-order valence-electron chi connectivity index (χ0n) is 29.2. The zero-order valence-corrected chi connectivity index (χ0v) is 29.2. The van der Waals surface area contributed by atoms with Crippen LogP contribution in [-0.2, 0) is 34.3 Å². The zero-order chi connectivity index (χ0) is 37.5. The van der Waals surface area contributed by atoms with Crippen molar-refractivity contribution in [3.05, 3.63) is 106 Å². The summed E-state index contributed by atoms with van der Waals surface area (Å²) in [4.78, 5) is 57.1. The number of aromatic nitrogens is 7. The van der Waals surface area contributed by atoms with Crippen molar-refractivity contribution >= 4 is 40.1 Å². The average molecular weight is 739 g/mol. The number of carbonyl (C=O) groups is 3. The lowest BCUT2D eigenvalue weighted by molar-refractivity contribution is -0.135. The second-order valence-electron chi connectivity index (χ2n) is 13.5. The Morgan fingerprint density at radius 1 is 1.11 bits per heavy atom. The van der Waals surface area contributed by atoms with E-state index >= 15 is 0 Å². The van der Waals surface area contributed by atoms with Gasteiger partial charge in [-0.2, -0.15) is 10.2 Å². The van der Waals surface area contributed by atoms with Crippen LogP contribution in [0.25, 0.3) is 22.4 Å². The number of hydrogen-bond donors (Lipinski definition) is 2. The van der Waals surface area contributed by atoms with Crippen molar-refractivity contribution in [1.29, 1.82) is 0 Å². The molecular formula is C37H36F2N10O5. The number of imide groups is 1. The molecule has 0 aliphatic carbocycles. The molecule has 0 spiro atoms. The first-order chi connectivity index (χ1) is 26.1. The number of ether oxygens (including phenoxy) is 1. The fourth-order valence-corrected chi connectivity index (χ4v) is 7.33. The Kier molecular flexibility index (Phi) is 9.33. The monoisotopic (exact) mass is 738 g/mol. The maximum Gasteiger partial charge on any atom is 0.329 e. The number of anilines is 1. The van der Waals surface area contributed by atoms with Gasteiger partial charge in [-0.15, -0.1) is 0 Å².